The molecule has 1 aromatic carbocycles. The van der Waals surface area contributed by atoms with Crippen molar-refractivity contribution in [2.24, 2.45) is 0 Å². The molecule has 0 amide bonds. The fourth-order valence-corrected chi connectivity index (χ4v) is 3.03. The van der Waals surface area contributed by atoms with Gasteiger partial charge in [-0.05, 0) is 37.3 Å². The molecule has 0 fully saturated rings. The predicted molar refractivity (Wildman–Crippen MR) is 108 cm³/mol. The maximum atomic E-state index is 13.1. The number of methoxy groups -OCH3 is 1. The number of anilines is 1. The summed E-state index contributed by atoms with van der Waals surface area (Å²) in [7, 11) is 3.10. The zero-order valence-electron chi connectivity index (χ0n) is 16.8. The van der Waals surface area contributed by atoms with E-state index < -0.39 is 11.7 Å². The SMILES string of the molecule is CNc1nc(-c2ccc(-n3cnc(C)c3)c(OC)n2)nn1-c1cccc(C(F)(F)F)c1. The van der Waals surface area contributed by atoms with Gasteiger partial charge >= 0.3 is 6.18 Å². The molecule has 0 saturated heterocycles. The molecule has 31 heavy (non-hydrogen) atoms. The molecule has 160 valence electrons. The van der Waals surface area contributed by atoms with E-state index in [9.17, 15) is 13.2 Å². The predicted octanol–water partition coefficient (Wildman–Crippen LogP) is 3.89. The van der Waals surface area contributed by atoms with Crippen LogP contribution in [0.15, 0.2) is 48.9 Å². The van der Waals surface area contributed by atoms with Crippen LogP contribution in [0.1, 0.15) is 11.3 Å². The zero-order chi connectivity index (χ0) is 22.2. The molecule has 0 radical (unpaired) electrons. The van der Waals surface area contributed by atoms with Crippen LogP contribution in [-0.2, 0) is 6.18 Å². The Kier molecular flexibility index (Phi) is 5.09. The van der Waals surface area contributed by atoms with Gasteiger partial charge in [0.15, 0.2) is 0 Å². The smallest absolute Gasteiger partial charge is 0.416 e. The summed E-state index contributed by atoms with van der Waals surface area (Å²) in [5.41, 5.74) is 1.36. The van der Waals surface area contributed by atoms with Gasteiger partial charge in [0.2, 0.25) is 17.7 Å². The van der Waals surface area contributed by atoms with Crippen LogP contribution in [-0.4, -0.2) is 43.5 Å². The van der Waals surface area contributed by atoms with Crippen molar-refractivity contribution < 1.29 is 17.9 Å². The van der Waals surface area contributed by atoms with Crippen LogP contribution in [0.3, 0.4) is 0 Å². The molecule has 0 bridgehead atoms. The highest BCUT2D eigenvalue weighted by Crippen LogP contribution is 2.31. The number of hydrogen-bond acceptors (Lipinski definition) is 6. The summed E-state index contributed by atoms with van der Waals surface area (Å²) in [5.74, 6) is 0.828. The minimum atomic E-state index is -4.46. The summed E-state index contributed by atoms with van der Waals surface area (Å²) in [6.07, 6.45) is -0.983. The van der Waals surface area contributed by atoms with E-state index in [1.54, 1.807) is 30.1 Å². The number of aryl methyl sites for hydroxylation is 1. The molecule has 0 unspecified atom stereocenters. The highest BCUT2D eigenvalue weighted by molar-refractivity contribution is 5.58. The molecule has 8 nitrogen and oxygen atoms in total. The lowest BCUT2D eigenvalue weighted by Crippen LogP contribution is -2.08. The molecule has 0 atom stereocenters. The molecule has 0 spiro atoms. The average Bonchev–Trinajstić information content (AvgIpc) is 3.39. The van der Waals surface area contributed by atoms with E-state index in [1.807, 2.05) is 13.1 Å². The Morgan fingerprint density at radius 1 is 1.10 bits per heavy atom. The number of aromatic nitrogens is 6. The van der Waals surface area contributed by atoms with Crippen molar-refractivity contribution in [1.82, 2.24) is 29.3 Å². The third kappa shape index (κ3) is 3.93. The zero-order valence-corrected chi connectivity index (χ0v) is 16.8. The van der Waals surface area contributed by atoms with Gasteiger partial charge in [-0.1, -0.05) is 6.07 Å². The van der Waals surface area contributed by atoms with Crippen LogP contribution in [0.25, 0.3) is 22.9 Å². The Balaban J connectivity index is 1.76. The maximum absolute atomic E-state index is 13.1. The summed E-state index contributed by atoms with van der Waals surface area (Å²) < 4.78 is 47.8. The molecule has 0 saturated carbocycles. The van der Waals surface area contributed by atoms with Crippen molar-refractivity contribution in [2.45, 2.75) is 13.1 Å². The Morgan fingerprint density at radius 3 is 2.55 bits per heavy atom. The first kappa shape index (κ1) is 20.4. The van der Waals surface area contributed by atoms with Crippen LogP contribution in [0.5, 0.6) is 5.88 Å². The molecule has 0 aliphatic rings. The summed E-state index contributed by atoms with van der Waals surface area (Å²) in [5, 5.41) is 7.21. The van der Waals surface area contributed by atoms with Gasteiger partial charge in [0.1, 0.15) is 11.4 Å². The van der Waals surface area contributed by atoms with Gasteiger partial charge in [0, 0.05) is 13.2 Å². The van der Waals surface area contributed by atoms with Crippen LogP contribution in [0.4, 0.5) is 19.1 Å². The Bertz CT molecular complexity index is 1230. The van der Waals surface area contributed by atoms with Crippen LogP contribution < -0.4 is 10.1 Å². The normalized spacial score (nSPS) is 11.5. The first-order valence-corrected chi connectivity index (χ1v) is 9.19. The molecule has 0 aliphatic carbocycles. The fraction of sp³-hybridized carbons (Fsp3) is 0.200. The largest absolute Gasteiger partial charge is 0.479 e. The molecule has 3 heterocycles. The standard InChI is InChI=1S/C20H18F3N7O/c1-12-10-29(11-25-12)16-8-7-15(26-18(16)31-3)17-27-19(24-2)30(28-17)14-6-4-5-13(9-14)20(21,22)23/h4-11H,1-3H3,(H,24,27,28). The van der Waals surface area contributed by atoms with E-state index >= 15 is 0 Å². The number of rotatable bonds is 5. The number of alkyl halides is 3. The Morgan fingerprint density at radius 2 is 1.90 bits per heavy atom. The lowest BCUT2D eigenvalue weighted by Gasteiger charge is -2.10. The third-order valence-corrected chi connectivity index (χ3v) is 4.50. The van der Waals surface area contributed by atoms with E-state index in [0.717, 1.165) is 17.8 Å². The second-order valence-electron chi connectivity index (χ2n) is 6.62. The molecule has 4 rings (SSSR count). The topological polar surface area (TPSA) is 82.7 Å². The van der Waals surface area contributed by atoms with Crippen LogP contribution in [0.2, 0.25) is 0 Å². The number of pyridine rings is 1. The van der Waals surface area contributed by atoms with Crippen molar-refractivity contribution in [3.8, 4) is 28.8 Å². The van der Waals surface area contributed by atoms with Crippen molar-refractivity contribution in [3.63, 3.8) is 0 Å². The summed E-state index contributed by atoms with van der Waals surface area (Å²) in [6.45, 7) is 1.87. The molecule has 11 heteroatoms. The second kappa shape index (κ2) is 7.74. The number of hydrogen-bond donors (Lipinski definition) is 1. The number of nitrogens with zero attached hydrogens (tertiary/aromatic N) is 6. The summed E-state index contributed by atoms with van der Waals surface area (Å²) >= 11 is 0. The van der Waals surface area contributed by atoms with E-state index in [2.05, 4.69) is 25.4 Å². The van der Waals surface area contributed by atoms with Crippen molar-refractivity contribution in [3.05, 3.63) is 60.2 Å². The number of nitrogens with one attached hydrogen (secondary N) is 1. The fourth-order valence-electron chi connectivity index (χ4n) is 3.03. The van der Waals surface area contributed by atoms with Gasteiger partial charge in [-0.2, -0.15) is 22.8 Å². The highest BCUT2D eigenvalue weighted by atomic mass is 19.4. The lowest BCUT2D eigenvalue weighted by atomic mass is 10.2. The maximum Gasteiger partial charge on any atom is 0.416 e. The van der Waals surface area contributed by atoms with E-state index in [4.69, 9.17) is 4.74 Å². The minimum absolute atomic E-state index is 0.218. The second-order valence-corrected chi connectivity index (χ2v) is 6.62. The Hall–Kier alpha value is -3.89. The quantitative estimate of drug-likeness (QED) is 0.518. The van der Waals surface area contributed by atoms with Gasteiger partial charge in [-0.25, -0.2) is 9.97 Å². The molecular formula is C20H18F3N7O. The summed E-state index contributed by atoms with van der Waals surface area (Å²) in [6, 6.07) is 8.35. The van der Waals surface area contributed by atoms with Gasteiger partial charge in [0.25, 0.3) is 0 Å². The molecule has 0 aliphatic heterocycles. The highest BCUT2D eigenvalue weighted by Gasteiger charge is 2.31. The lowest BCUT2D eigenvalue weighted by molar-refractivity contribution is -0.137. The summed E-state index contributed by atoms with van der Waals surface area (Å²) in [4.78, 5) is 13.0. The van der Waals surface area contributed by atoms with E-state index in [0.29, 0.717) is 17.3 Å². The van der Waals surface area contributed by atoms with E-state index in [-0.39, 0.29) is 17.5 Å². The van der Waals surface area contributed by atoms with Gasteiger partial charge in [-0.3, -0.25) is 0 Å². The van der Waals surface area contributed by atoms with Crippen molar-refractivity contribution in [2.75, 3.05) is 19.5 Å². The van der Waals surface area contributed by atoms with Gasteiger partial charge < -0.3 is 14.6 Å². The van der Waals surface area contributed by atoms with Crippen molar-refractivity contribution in [1.29, 1.82) is 0 Å². The van der Waals surface area contributed by atoms with Gasteiger partial charge in [0.05, 0.1) is 30.4 Å². The third-order valence-electron chi connectivity index (χ3n) is 4.50. The molecule has 1 N–H and O–H groups in total. The first-order chi connectivity index (χ1) is 14.8. The van der Waals surface area contributed by atoms with E-state index in [1.165, 1.54) is 23.9 Å². The average molecular weight is 429 g/mol. The first-order valence-electron chi connectivity index (χ1n) is 9.19. The number of imidazole rings is 1. The number of halogens is 3. The minimum Gasteiger partial charge on any atom is -0.479 e. The molecule has 4 aromatic rings. The Labute approximate surface area is 175 Å². The monoisotopic (exact) mass is 429 g/mol. The number of ether oxygens (including phenoxy) is 1. The molecule has 3 aromatic heterocycles. The van der Waals surface area contributed by atoms with Crippen LogP contribution >= 0.6 is 0 Å². The van der Waals surface area contributed by atoms with Crippen LogP contribution in [0, 0.1) is 6.92 Å². The van der Waals surface area contributed by atoms with Gasteiger partial charge in [-0.15, -0.1) is 5.10 Å². The van der Waals surface area contributed by atoms with Crippen molar-refractivity contribution >= 4 is 5.95 Å². The number of benzene rings is 1. The molecular weight excluding hydrogens is 411 g/mol.